The lowest BCUT2D eigenvalue weighted by Crippen LogP contribution is -2.34. The van der Waals surface area contributed by atoms with Crippen LogP contribution in [0.1, 0.15) is 42.8 Å². The summed E-state index contributed by atoms with van der Waals surface area (Å²) in [5.74, 6) is -0.729. The van der Waals surface area contributed by atoms with Gasteiger partial charge in [0, 0.05) is 37.6 Å². The van der Waals surface area contributed by atoms with Crippen LogP contribution in [-0.2, 0) is 14.3 Å². The van der Waals surface area contributed by atoms with Crippen LogP contribution in [-0.4, -0.2) is 41.5 Å². The van der Waals surface area contributed by atoms with Crippen LogP contribution < -0.4 is 0 Å². The van der Waals surface area contributed by atoms with Crippen molar-refractivity contribution in [2.45, 2.75) is 45.8 Å². The highest BCUT2D eigenvalue weighted by atomic mass is 16.5. The first-order valence-electron chi connectivity index (χ1n) is 7.59. The van der Waals surface area contributed by atoms with Gasteiger partial charge in [-0.15, -0.1) is 0 Å². The van der Waals surface area contributed by atoms with Gasteiger partial charge in [-0.25, -0.2) is 4.79 Å². The molecule has 1 aliphatic rings. The second-order valence-corrected chi connectivity index (χ2v) is 6.07. The van der Waals surface area contributed by atoms with Crippen molar-refractivity contribution in [1.82, 2.24) is 9.47 Å². The second kappa shape index (κ2) is 6.38. The monoisotopic (exact) mass is 304 g/mol. The fourth-order valence-corrected chi connectivity index (χ4v) is 2.65. The maximum absolute atomic E-state index is 11.8. The van der Waals surface area contributed by atoms with Gasteiger partial charge in [-0.3, -0.25) is 4.79 Å². The molecule has 5 nitrogen and oxygen atoms in total. The lowest BCUT2D eigenvalue weighted by atomic mass is 10.2. The summed E-state index contributed by atoms with van der Waals surface area (Å²) >= 11 is 0. The van der Waals surface area contributed by atoms with Crippen molar-refractivity contribution in [2.24, 2.45) is 0 Å². The maximum Gasteiger partial charge on any atom is 0.331 e. The Morgan fingerprint density at radius 2 is 2.00 bits per heavy atom. The zero-order valence-electron chi connectivity index (χ0n) is 13.9. The Balaban J connectivity index is 2.01. The van der Waals surface area contributed by atoms with Crippen molar-refractivity contribution < 1.29 is 14.3 Å². The number of esters is 1. The number of likely N-dealkylation sites (N-methyl/N-ethyl adjacent to an activating group) is 1. The minimum atomic E-state index is -0.772. The van der Waals surface area contributed by atoms with Crippen molar-refractivity contribution in [1.29, 1.82) is 0 Å². The van der Waals surface area contributed by atoms with Gasteiger partial charge in [-0.1, -0.05) is 0 Å². The molecule has 1 amide bonds. The largest absolute Gasteiger partial charge is 0.449 e. The molecule has 22 heavy (non-hydrogen) atoms. The normalized spacial score (nSPS) is 15.9. The van der Waals surface area contributed by atoms with Crippen LogP contribution in [0.3, 0.4) is 0 Å². The Labute approximate surface area is 131 Å². The Morgan fingerprint density at radius 3 is 2.55 bits per heavy atom. The van der Waals surface area contributed by atoms with E-state index < -0.39 is 12.1 Å². The van der Waals surface area contributed by atoms with Crippen molar-refractivity contribution in [3.63, 3.8) is 0 Å². The molecule has 0 N–H and O–H groups in total. The molecule has 0 spiro atoms. The number of nitrogens with zero attached hydrogens (tertiary/aromatic N) is 2. The molecular formula is C17H24N2O3. The molecule has 1 saturated carbocycles. The molecule has 0 aromatic carbocycles. The lowest BCUT2D eigenvalue weighted by molar-refractivity contribution is -0.153. The molecule has 1 aliphatic carbocycles. The fourth-order valence-electron chi connectivity index (χ4n) is 2.65. The van der Waals surface area contributed by atoms with E-state index in [2.05, 4.69) is 24.5 Å². The summed E-state index contributed by atoms with van der Waals surface area (Å²) < 4.78 is 7.43. The van der Waals surface area contributed by atoms with Gasteiger partial charge < -0.3 is 14.2 Å². The van der Waals surface area contributed by atoms with Crippen LogP contribution in [0, 0.1) is 13.8 Å². The van der Waals surface area contributed by atoms with Gasteiger partial charge in [-0.05, 0) is 51.3 Å². The van der Waals surface area contributed by atoms with Gasteiger partial charge in [0.05, 0.1) is 0 Å². The van der Waals surface area contributed by atoms with E-state index in [4.69, 9.17) is 4.74 Å². The number of aryl methyl sites for hydroxylation is 1. The fraction of sp³-hybridized carbons (Fsp3) is 0.529. The Kier molecular flexibility index (Phi) is 4.74. The molecule has 1 fully saturated rings. The van der Waals surface area contributed by atoms with Crippen molar-refractivity contribution in [2.75, 3.05) is 14.1 Å². The highest BCUT2D eigenvalue weighted by Crippen LogP contribution is 2.38. The van der Waals surface area contributed by atoms with Crippen LogP contribution >= 0.6 is 0 Å². The number of amides is 1. The van der Waals surface area contributed by atoms with Gasteiger partial charge in [0.15, 0.2) is 6.10 Å². The van der Waals surface area contributed by atoms with Crippen molar-refractivity contribution in [3.05, 3.63) is 29.1 Å². The predicted octanol–water partition coefficient (Wildman–Crippen LogP) is 2.47. The van der Waals surface area contributed by atoms with Crippen LogP contribution in [0.4, 0.5) is 0 Å². The topological polar surface area (TPSA) is 51.5 Å². The number of hydrogen-bond donors (Lipinski definition) is 0. The highest BCUT2D eigenvalue weighted by molar-refractivity contribution is 5.90. The van der Waals surface area contributed by atoms with Crippen LogP contribution in [0.2, 0.25) is 0 Å². The third kappa shape index (κ3) is 3.59. The van der Waals surface area contributed by atoms with Crippen molar-refractivity contribution in [3.8, 4) is 0 Å². The first-order chi connectivity index (χ1) is 10.3. The van der Waals surface area contributed by atoms with E-state index in [0.29, 0.717) is 6.04 Å². The number of rotatable bonds is 5. The van der Waals surface area contributed by atoms with E-state index in [1.807, 2.05) is 0 Å². The molecule has 0 unspecified atom stereocenters. The Bertz CT molecular complexity index is 610. The van der Waals surface area contributed by atoms with Crippen LogP contribution in [0.25, 0.3) is 6.08 Å². The summed E-state index contributed by atoms with van der Waals surface area (Å²) in [4.78, 5) is 24.9. The summed E-state index contributed by atoms with van der Waals surface area (Å²) in [6, 6.07) is 2.69. The standard InChI is InChI=1S/C17H24N2O3/c1-11-10-14(12(2)19(11)15-7-8-15)6-9-16(20)22-13(3)17(21)18(4)5/h6,9-10,13,15H,7-8H2,1-5H3/b9-6+/t13-/m1/s1. The zero-order valence-corrected chi connectivity index (χ0v) is 13.9. The van der Waals surface area contributed by atoms with E-state index in [9.17, 15) is 9.59 Å². The minimum absolute atomic E-state index is 0.228. The van der Waals surface area contributed by atoms with Gasteiger partial charge >= 0.3 is 5.97 Å². The predicted molar refractivity (Wildman–Crippen MR) is 85.5 cm³/mol. The molecule has 1 heterocycles. The summed E-state index contributed by atoms with van der Waals surface area (Å²) in [5.41, 5.74) is 3.40. The lowest BCUT2D eigenvalue weighted by Gasteiger charge is -2.16. The summed E-state index contributed by atoms with van der Waals surface area (Å²) in [6.07, 6.45) is 4.83. The average molecular weight is 304 g/mol. The maximum atomic E-state index is 11.8. The minimum Gasteiger partial charge on any atom is -0.449 e. The van der Waals surface area contributed by atoms with E-state index in [1.54, 1.807) is 27.1 Å². The molecule has 0 aliphatic heterocycles. The van der Waals surface area contributed by atoms with Gasteiger partial charge in [0.1, 0.15) is 0 Å². The Morgan fingerprint density at radius 1 is 1.36 bits per heavy atom. The van der Waals surface area contributed by atoms with Crippen LogP contribution in [0.5, 0.6) is 0 Å². The van der Waals surface area contributed by atoms with Crippen LogP contribution in [0.15, 0.2) is 12.1 Å². The molecule has 5 heteroatoms. The summed E-state index contributed by atoms with van der Waals surface area (Å²) in [5, 5.41) is 0. The quantitative estimate of drug-likeness (QED) is 0.620. The van der Waals surface area contributed by atoms with Crippen molar-refractivity contribution >= 4 is 18.0 Å². The molecule has 1 aromatic rings. The summed E-state index contributed by atoms with van der Waals surface area (Å²) in [7, 11) is 3.27. The molecule has 0 radical (unpaired) electrons. The molecule has 0 saturated heterocycles. The smallest absolute Gasteiger partial charge is 0.331 e. The number of carbonyl (C=O) groups is 2. The Hall–Kier alpha value is -2.04. The highest BCUT2D eigenvalue weighted by Gasteiger charge is 2.26. The zero-order chi connectivity index (χ0) is 16.4. The third-order valence-electron chi connectivity index (χ3n) is 3.92. The van der Waals surface area contributed by atoms with E-state index >= 15 is 0 Å². The van der Waals surface area contributed by atoms with Gasteiger partial charge in [0.2, 0.25) is 0 Å². The van der Waals surface area contributed by atoms with E-state index in [0.717, 1.165) is 5.56 Å². The number of aromatic nitrogens is 1. The van der Waals surface area contributed by atoms with Gasteiger partial charge in [0.25, 0.3) is 5.91 Å². The number of ether oxygens (including phenoxy) is 1. The van der Waals surface area contributed by atoms with E-state index in [-0.39, 0.29) is 5.91 Å². The second-order valence-electron chi connectivity index (χ2n) is 6.07. The first kappa shape index (κ1) is 16.3. The molecule has 1 atom stereocenters. The molecular weight excluding hydrogens is 280 g/mol. The van der Waals surface area contributed by atoms with E-state index in [1.165, 1.54) is 35.2 Å². The number of hydrogen-bond acceptors (Lipinski definition) is 3. The first-order valence-corrected chi connectivity index (χ1v) is 7.59. The third-order valence-corrected chi connectivity index (χ3v) is 3.92. The SMILES string of the molecule is Cc1cc(/C=C/C(=O)O[C@H](C)C(=O)N(C)C)c(C)n1C1CC1. The summed E-state index contributed by atoms with van der Waals surface area (Å²) in [6.45, 7) is 5.72. The molecule has 2 rings (SSSR count). The molecule has 0 bridgehead atoms. The molecule has 120 valence electrons. The molecule has 1 aromatic heterocycles. The average Bonchev–Trinajstić information content (AvgIpc) is 3.22. The number of carbonyl (C=O) groups excluding carboxylic acids is 2. The van der Waals surface area contributed by atoms with Gasteiger partial charge in [-0.2, -0.15) is 0 Å².